The largest absolute Gasteiger partial charge is 0.314 e. The van der Waals surface area contributed by atoms with Crippen molar-refractivity contribution in [1.29, 1.82) is 0 Å². The number of rotatable bonds is 7. The summed E-state index contributed by atoms with van der Waals surface area (Å²) in [5.41, 5.74) is 3.21. The minimum Gasteiger partial charge on any atom is -0.314 e. The smallest absolute Gasteiger partial charge is 0.243 e. The molecular weight excluding hydrogens is 415 g/mol. The number of benzene rings is 3. The van der Waals surface area contributed by atoms with Crippen molar-refractivity contribution < 1.29 is 17.6 Å². The fraction of sp³-hybridized carbons (Fsp3) is 0.208. The molecule has 31 heavy (non-hydrogen) atoms. The first-order chi connectivity index (χ1) is 14.7. The van der Waals surface area contributed by atoms with Crippen LogP contribution in [0.4, 0.5) is 10.1 Å². The van der Waals surface area contributed by atoms with Gasteiger partial charge in [0.2, 0.25) is 15.9 Å². The van der Waals surface area contributed by atoms with Gasteiger partial charge in [-0.1, -0.05) is 47.5 Å². The van der Waals surface area contributed by atoms with E-state index in [-0.39, 0.29) is 18.0 Å². The van der Waals surface area contributed by atoms with E-state index < -0.39 is 21.7 Å². The Morgan fingerprint density at radius 2 is 1.55 bits per heavy atom. The molecule has 0 aliphatic carbocycles. The lowest BCUT2D eigenvalue weighted by molar-refractivity contribution is -0.118. The lowest BCUT2D eigenvalue weighted by atomic mass is 10.1. The number of sulfonamides is 1. The zero-order valence-electron chi connectivity index (χ0n) is 17.7. The highest BCUT2D eigenvalue weighted by Gasteiger charge is 2.28. The van der Waals surface area contributed by atoms with Gasteiger partial charge in [-0.05, 0) is 55.8 Å². The minimum absolute atomic E-state index is 0.0564. The van der Waals surface area contributed by atoms with Gasteiger partial charge in [-0.3, -0.25) is 4.79 Å². The summed E-state index contributed by atoms with van der Waals surface area (Å²) in [7, 11) is -2.38. The van der Waals surface area contributed by atoms with Crippen LogP contribution in [0.2, 0.25) is 0 Å². The second-order valence-corrected chi connectivity index (χ2v) is 9.44. The maximum atomic E-state index is 13.4. The molecule has 1 amide bonds. The van der Waals surface area contributed by atoms with E-state index in [1.54, 1.807) is 31.3 Å². The molecule has 0 saturated carbocycles. The van der Waals surface area contributed by atoms with E-state index in [0.717, 1.165) is 16.7 Å². The van der Waals surface area contributed by atoms with Crippen LogP contribution in [0.5, 0.6) is 0 Å². The predicted molar refractivity (Wildman–Crippen MR) is 120 cm³/mol. The summed E-state index contributed by atoms with van der Waals surface area (Å²) in [6.45, 7) is 3.51. The lowest BCUT2D eigenvalue weighted by Crippen LogP contribution is -2.41. The number of aryl methyl sites for hydroxylation is 2. The molecule has 0 bridgehead atoms. The van der Waals surface area contributed by atoms with Crippen LogP contribution in [0.25, 0.3) is 0 Å². The lowest BCUT2D eigenvalue weighted by Gasteiger charge is -2.25. The molecule has 0 aliphatic rings. The van der Waals surface area contributed by atoms with Gasteiger partial charge < -0.3 is 4.90 Å². The molecule has 3 aromatic carbocycles. The number of amides is 1. The highest BCUT2D eigenvalue weighted by molar-refractivity contribution is 7.89. The molecular formula is C24H25FN2O3S. The van der Waals surface area contributed by atoms with E-state index in [9.17, 15) is 17.6 Å². The summed E-state index contributed by atoms with van der Waals surface area (Å²) >= 11 is 0. The molecule has 3 rings (SSSR count). The van der Waals surface area contributed by atoms with E-state index in [0.29, 0.717) is 5.69 Å². The Morgan fingerprint density at radius 3 is 2.16 bits per heavy atom. The third kappa shape index (κ3) is 5.57. The topological polar surface area (TPSA) is 57.7 Å². The van der Waals surface area contributed by atoms with Gasteiger partial charge in [0.05, 0.1) is 11.4 Å². The van der Waals surface area contributed by atoms with E-state index in [4.69, 9.17) is 0 Å². The number of carbonyl (C=O) groups excluding carboxylic acids is 1. The van der Waals surface area contributed by atoms with Crippen molar-refractivity contribution in [3.63, 3.8) is 0 Å². The molecule has 3 aromatic rings. The number of hydrogen-bond donors (Lipinski definition) is 0. The molecule has 0 aliphatic heterocycles. The molecule has 0 saturated heterocycles. The third-order valence-corrected chi connectivity index (χ3v) is 6.81. The van der Waals surface area contributed by atoms with Gasteiger partial charge in [-0.25, -0.2) is 12.8 Å². The van der Waals surface area contributed by atoms with Crippen LogP contribution in [-0.2, 0) is 21.4 Å². The summed E-state index contributed by atoms with van der Waals surface area (Å²) in [6.07, 6.45) is 0. The molecule has 0 aromatic heterocycles. The fourth-order valence-electron chi connectivity index (χ4n) is 3.16. The molecule has 162 valence electrons. The Bertz CT molecular complexity index is 1160. The zero-order chi connectivity index (χ0) is 22.6. The van der Waals surface area contributed by atoms with Crippen LogP contribution < -0.4 is 4.90 Å². The quantitative estimate of drug-likeness (QED) is 0.551. The number of hydrogen-bond acceptors (Lipinski definition) is 3. The van der Waals surface area contributed by atoms with Gasteiger partial charge in [0.25, 0.3) is 0 Å². The van der Waals surface area contributed by atoms with Gasteiger partial charge in [0, 0.05) is 19.3 Å². The van der Waals surface area contributed by atoms with Crippen LogP contribution >= 0.6 is 0 Å². The third-order valence-electron chi connectivity index (χ3n) is 5.00. The summed E-state index contributed by atoms with van der Waals surface area (Å²) < 4.78 is 41.1. The maximum absolute atomic E-state index is 13.4. The monoisotopic (exact) mass is 440 g/mol. The van der Waals surface area contributed by atoms with E-state index in [1.807, 2.05) is 38.1 Å². The molecule has 0 atom stereocenters. The molecule has 0 N–H and O–H groups in total. The average Bonchev–Trinajstić information content (AvgIpc) is 2.73. The molecule has 0 unspecified atom stereocenters. The Balaban J connectivity index is 1.92. The van der Waals surface area contributed by atoms with Crippen molar-refractivity contribution in [3.05, 3.63) is 95.3 Å². The number of carbonyl (C=O) groups is 1. The normalized spacial score (nSPS) is 11.5. The second-order valence-electron chi connectivity index (χ2n) is 7.50. The maximum Gasteiger partial charge on any atom is 0.243 e. The first kappa shape index (κ1) is 22.7. The van der Waals surface area contributed by atoms with Crippen LogP contribution in [0.3, 0.4) is 0 Å². The van der Waals surface area contributed by atoms with E-state index in [1.165, 1.54) is 33.5 Å². The van der Waals surface area contributed by atoms with Gasteiger partial charge >= 0.3 is 0 Å². The highest BCUT2D eigenvalue weighted by atomic mass is 32.2. The Labute approximate surface area is 182 Å². The van der Waals surface area contributed by atoms with Crippen molar-refractivity contribution >= 4 is 21.6 Å². The average molecular weight is 441 g/mol. The van der Waals surface area contributed by atoms with Crippen molar-refractivity contribution in [2.45, 2.75) is 25.3 Å². The minimum atomic E-state index is -3.92. The summed E-state index contributed by atoms with van der Waals surface area (Å²) in [5, 5.41) is 0. The number of anilines is 1. The molecule has 0 heterocycles. The Hall–Kier alpha value is -3.03. The van der Waals surface area contributed by atoms with Crippen LogP contribution in [-0.4, -0.2) is 32.2 Å². The van der Waals surface area contributed by atoms with Gasteiger partial charge in [0.15, 0.2) is 0 Å². The first-order valence-electron chi connectivity index (χ1n) is 9.81. The van der Waals surface area contributed by atoms with E-state index in [2.05, 4.69) is 0 Å². The number of halogens is 1. The summed E-state index contributed by atoms with van der Waals surface area (Å²) in [6, 6.07) is 19.5. The SMILES string of the molecule is Cc1ccc(S(=O)(=O)N(CC(=O)N(C)c2ccc(F)cc2)Cc2cccc(C)c2)cc1. The molecule has 5 nitrogen and oxygen atoms in total. The van der Waals surface area contributed by atoms with Crippen molar-refractivity contribution in [3.8, 4) is 0 Å². The molecule has 0 spiro atoms. The number of nitrogens with zero attached hydrogens (tertiary/aromatic N) is 2. The van der Waals surface area contributed by atoms with Crippen molar-refractivity contribution in [2.75, 3.05) is 18.5 Å². The zero-order valence-corrected chi connectivity index (χ0v) is 18.6. The Kier molecular flexibility index (Phi) is 6.87. The van der Waals surface area contributed by atoms with Crippen molar-refractivity contribution in [1.82, 2.24) is 4.31 Å². The second kappa shape index (κ2) is 9.41. The van der Waals surface area contributed by atoms with Crippen LogP contribution in [0.15, 0.2) is 77.7 Å². The fourth-order valence-corrected chi connectivity index (χ4v) is 4.54. The van der Waals surface area contributed by atoms with Crippen LogP contribution in [0.1, 0.15) is 16.7 Å². The molecule has 0 fully saturated rings. The summed E-state index contributed by atoms with van der Waals surface area (Å²) in [4.78, 5) is 14.4. The van der Waals surface area contributed by atoms with Crippen molar-refractivity contribution in [2.24, 2.45) is 0 Å². The first-order valence-corrected chi connectivity index (χ1v) is 11.3. The van der Waals surface area contributed by atoms with E-state index >= 15 is 0 Å². The highest BCUT2D eigenvalue weighted by Crippen LogP contribution is 2.21. The molecule has 0 radical (unpaired) electrons. The molecule has 7 heteroatoms. The predicted octanol–water partition coefficient (Wildman–Crippen LogP) is 4.30. The van der Waals surface area contributed by atoms with Gasteiger partial charge in [0.1, 0.15) is 5.82 Å². The van der Waals surface area contributed by atoms with Gasteiger partial charge in [-0.15, -0.1) is 0 Å². The number of likely N-dealkylation sites (N-methyl/N-ethyl adjacent to an activating group) is 1. The Morgan fingerprint density at radius 1 is 0.903 bits per heavy atom. The van der Waals surface area contributed by atoms with Gasteiger partial charge in [-0.2, -0.15) is 4.31 Å². The summed E-state index contributed by atoms with van der Waals surface area (Å²) in [5.74, 6) is -0.831. The van der Waals surface area contributed by atoms with Crippen LogP contribution in [0, 0.1) is 19.7 Å². The standard InChI is InChI=1S/C24H25FN2O3S/c1-18-7-13-23(14-8-18)31(29,30)27(16-20-6-4-5-19(2)15-20)17-24(28)26(3)22-11-9-21(25)10-12-22/h4-15H,16-17H2,1-3H3.